The molecule has 2 aromatic carbocycles. The molecule has 0 aliphatic carbocycles. The molecule has 1 aliphatic rings. The van der Waals surface area contributed by atoms with Crippen molar-refractivity contribution in [3.63, 3.8) is 0 Å². The topological polar surface area (TPSA) is 79.6 Å². The van der Waals surface area contributed by atoms with E-state index in [9.17, 15) is 9.59 Å². The second kappa shape index (κ2) is 8.19. The Balaban J connectivity index is 2.09. The number of amides is 2. The number of hydrogen-bond acceptors (Lipinski definition) is 6. The molecule has 0 saturated heterocycles. The van der Waals surface area contributed by atoms with Crippen LogP contribution in [0.5, 0.6) is 11.5 Å². The molecule has 28 heavy (non-hydrogen) atoms. The maximum absolute atomic E-state index is 13.2. The molecule has 0 unspecified atom stereocenters. The lowest BCUT2D eigenvalue weighted by molar-refractivity contribution is -0.119. The SMILES string of the molecule is CCSC1=C(c2ccc(OC)c(OC)c2)C(=O)N(c2ccc(C#N)cc2)C1=O. The average Bonchev–Trinajstić information content (AvgIpc) is 2.97. The van der Waals surface area contributed by atoms with Crippen molar-refractivity contribution in [1.29, 1.82) is 5.26 Å². The quantitative estimate of drug-likeness (QED) is 0.697. The Hall–Kier alpha value is -3.24. The lowest BCUT2D eigenvalue weighted by atomic mass is 10.1. The fourth-order valence-electron chi connectivity index (χ4n) is 2.95. The Morgan fingerprint density at radius 1 is 1.00 bits per heavy atom. The van der Waals surface area contributed by atoms with Gasteiger partial charge in [0.1, 0.15) is 0 Å². The molecule has 1 aliphatic heterocycles. The van der Waals surface area contributed by atoms with Crippen LogP contribution in [0.3, 0.4) is 0 Å². The van der Waals surface area contributed by atoms with Crippen LogP contribution < -0.4 is 14.4 Å². The minimum Gasteiger partial charge on any atom is -0.493 e. The smallest absolute Gasteiger partial charge is 0.272 e. The van der Waals surface area contributed by atoms with Crippen LogP contribution in [0.2, 0.25) is 0 Å². The molecule has 0 aromatic heterocycles. The van der Waals surface area contributed by atoms with Crippen LogP contribution in [0, 0.1) is 11.3 Å². The van der Waals surface area contributed by atoms with E-state index in [0.717, 1.165) is 4.90 Å². The van der Waals surface area contributed by atoms with Crippen LogP contribution in [0.1, 0.15) is 18.1 Å². The third kappa shape index (κ3) is 3.35. The predicted molar refractivity (Wildman–Crippen MR) is 108 cm³/mol. The van der Waals surface area contributed by atoms with Gasteiger partial charge < -0.3 is 9.47 Å². The number of rotatable bonds is 6. The highest BCUT2D eigenvalue weighted by Crippen LogP contribution is 2.40. The lowest BCUT2D eigenvalue weighted by Crippen LogP contribution is -2.31. The number of nitriles is 1. The van der Waals surface area contributed by atoms with Gasteiger partial charge in [-0.1, -0.05) is 13.0 Å². The van der Waals surface area contributed by atoms with E-state index in [-0.39, 0.29) is 5.91 Å². The second-order valence-corrected chi connectivity index (χ2v) is 7.09. The number of methoxy groups -OCH3 is 2. The highest BCUT2D eigenvalue weighted by molar-refractivity contribution is 8.04. The van der Waals surface area contributed by atoms with Crippen molar-refractivity contribution in [1.82, 2.24) is 0 Å². The number of anilines is 1. The first-order valence-corrected chi connectivity index (χ1v) is 9.52. The van der Waals surface area contributed by atoms with E-state index in [1.165, 1.54) is 26.0 Å². The minimum absolute atomic E-state index is 0.335. The van der Waals surface area contributed by atoms with Gasteiger partial charge in [0.05, 0.1) is 42.0 Å². The normalized spacial score (nSPS) is 13.7. The van der Waals surface area contributed by atoms with Crippen molar-refractivity contribution >= 4 is 34.8 Å². The molecule has 142 valence electrons. The summed E-state index contributed by atoms with van der Waals surface area (Å²) in [6, 6.07) is 13.5. The van der Waals surface area contributed by atoms with Crippen LogP contribution in [-0.2, 0) is 9.59 Å². The molecule has 2 amide bonds. The van der Waals surface area contributed by atoms with E-state index in [2.05, 4.69) is 0 Å². The summed E-state index contributed by atoms with van der Waals surface area (Å²) >= 11 is 1.33. The number of carbonyl (C=O) groups excluding carboxylic acids is 2. The molecule has 0 atom stereocenters. The third-order valence-corrected chi connectivity index (χ3v) is 5.21. The lowest BCUT2D eigenvalue weighted by Gasteiger charge is -2.15. The van der Waals surface area contributed by atoms with Crippen LogP contribution in [0.15, 0.2) is 47.4 Å². The minimum atomic E-state index is -0.405. The standard InChI is InChI=1S/C21H18N2O4S/c1-4-28-19-18(14-7-10-16(26-2)17(11-14)27-3)20(24)23(21(19)25)15-8-5-13(12-22)6-9-15/h5-11H,4H2,1-3H3. The zero-order chi connectivity index (χ0) is 20.3. The Labute approximate surface area is 167 Å². The molecule has 6 nitrogen and oxygen atoms in total. The summed E-state index contributed by atoms with van der Waals surface area (Å²) < 4.78 is 10.6. The first kappa shape index (κ1) is 19.5. The first-order valence-electron chi connectivity index (χ1n) is 8.54. The van der Waals surface area contributed by atoms with Gasteiger partial charge in [-0.25, -0.2) is 4.90 Å². The van der Waals surface area contributed by atoms with E-state index in [1.54, 1.807) is 42.5 Å². The molecule has 0 fully saturated rings. The highest BCUT2D eigenvalue weighted by Gasteiger charge is 2.40. The summed E-state index contributed by atoms with van der Waals surface area (Å²) in [7, 11) is 3.05. The number of ether oxygens (including phenoxy) is 2. The van der Waals surface area contributed by atoms with E-state index in [1.807, 2.05) is 13.0 Å². The van der Waals surface area contributed by atoms with Gasteiger partial charge >= 0.3 is 0 Å². The number of thioether (sulfide) groups is 1. The third-order valence-electron chi connectivity index (χ3n) is 4.26. The van der Waals surface area contributed by atoms with Crippen molar-refractivity contribution in [2.45, 2.75) is 6.92 Å². The number of nitrogens with zero attached hydrogens (tertiary/aromatic N) is 2. The Morgan fingerprint density at radius 2 is 1.68 bits per heavy atom. The molecular formula is C21H18N2O4S. The summed E-state index contributed by atoms with van der Waals surface area (Å²) in [6.45, 7) is 1.92. The van der Waals surface area contributed by atoms with E-state index < -0.39 is 5.91 Å². The molecule has 1 heterocycles. The number of imide groups is 1. The summed E-state index contributed by atoms with van der Waals surface area (Å²) in [5.41, 5.74) is 1.81. The van der Waals surface area contributed by atoms with Crippen LogP contribution in [0.4, 0.5) is 5.69 Å². The van der Waals surface area contributed by atoms with Gasteiger partial charge in [-0.3, -0.25) is 9.59 Å². The van der Waals surface area contributed by atoms with Crippen molar-refractivity contribution < 1.29 is 19.1 Å². The van der Waals surface area contributed by atoms with Crippen LogP contribution >= 0.6 is 11.8 Å². The zero-order valence-electron chi connectivity index (χ0n) is 15.7. The first-order chi connectivity index (χ1) is 13.5. The average molecular weight is 394 g/mol. The van der Waals surface area contributed by atoms with E-state index in [4.69, 9.17) is 14.7 Å². The fraction of sp³-hybridized carbons (Fsp3) is 0.190. The summed E-state index contributed by atoms with van der Waals surface area (Å²) in [6.07, 6.45) is 0. The van der Waals surface area contributed by atoms with Crippen molar-refractivity contribution in [3.8, 4) is 17.6 Å². The van der Waals surface area contributed by atoms with Crippen LogP contribution in [-0.4, -0.2) is 31.8 Å². The van der Waals surface area contributed by atoms with Crippen molar-refractivity contribution in [3.05, 3.63) is 58.5 Å². The molecule has 2 aromatic rings. The largest absolute Gasteiger partial charge is 0.493 e. The maximum atomic E-state index is 13.2. The molecule has 0 N–H and O–H groups in total. The molecular weight excluding hydrogens is 376 g/mol. The zero-order valence-corrected chi connectivity index (χ0v) is 16.5. The van der Waals surface area contributed by atoms with Gasteiger partial charge in [0.15, 0.2) is 11.5 Å². The number of carbonyl (C=O) groups is 2. The number of benzene rings is 2. The van der Waals surface area contributed by atoms with Gasteiger partial charge in [-0.2, -0.15) is 5.26 Å². The maximum Gasteiger partial charge on any atom is 0.272 e. The molecule has 0 bridgehead atoms. The number of hydrogen-bond donors (Lipinski definition) is 0. The molecule has 0 spiro atoms. The summed E-state index contributed by atoms with van der Waals surface area (Å²) in [5.74, 6) is 0.888. The van der Waals surface area contributed by atoms with Gasteiger partial charge in [0.2, 0.25) is 0 Å². The summed E-state index contributed by atoms with van der Waals surface area (Å²) in [5, 5.41) is 8.96. The second-order valence-electron chi connectivity index (χ2n) is 5.81. The van der Waals surface area contributed by atoms with Gasteiger partial charge in [0, 0.05) is 0 Å². The Kier molecular flexibility index (Phi) is 5.71. The van der Waals surface area contributed by atoms with Crippen LogP contribution in [0.25, 0.3) is 5.57 Å². The fourth-order valence-corrected chi connectivity index (χ4v) is 3.81. The Morgan fingerprint density at radius 3 is 2.25 bits per heavy atom. The highest BCUT2D eigenvalue weighted by atomic mass is 32.2. The van der Waals surface area contributed by atoms with Crippen molar-refractivity contribution in [2.75, 3.05) is 24.9 Å². The molecule has 0 radical (unpaired) electrons. The molecule has 0 saturated carbocycles. The monoisotopic (exact) mass is 394 g/mol. The van der Waals surface area contributed by atoms with E-state index in [0.29, 0.717) is 44.5 Å². The van der Waals surface area contributed by atoms with Crippen molar-refractivity contribution in [2.24, 2.45) is 0 Å². The molecule has 7 heteroatoms. The Bertz CT molecular complexity index is 1010. The predicted octanol–water partition coefficient (Wildman–Crippen LogP) is 3.61. The summed E-state index contributed by atoms with van der Waals surface area (Å²) in [4.78, 5) is 27.8. The van der Waals surface area contributed by atoms with E-state index >= 15 is 0 Å². The van der Waals surface area contributed by atoms with Gasteiger partial charge in [-0.05, 0) is 47.7 Å². The molecule has 3 rings (SSSR count). The van der Waals surface area contributed by atoms with Gasteiger partial charge in [-0.15, -0.1) is 11.8 Å². The van der Waals surface area contributed by atoms with Gasteiger partial charge in [0.25, 0.3) is 11.8 Å².